The number of rotatable bonds is 6. The summed E-state index contributed by atoms with van der Waals surface area (Å²) in [5, 5.41) is 30.9. The molecule has 4 N–H and O–H groups in total. The minimum absolute atomic E-state index is 0.498. The molecule has 7 unspecified atom stereocenters. The van der Waals surface area contributed by atoms with Crippen molar-refractivity contribution in [1.29, 1.82) is 0 Å². The largest absolute Gasteiger partial charge is 0.414 e. The third-order valence-corrected chi connectivity index (χ3v) is 6.39. The minimum atomic E-state index is -2.24. The monoisotopic (exact) mass is 431 g/mol. The van der Waals surface area contributed by atoms with Crippen LogP contribution in [0.25, 0.3) is 0 Å². The summed E-state index contributed by atoms with van der Waals surface area (Å²) in [4.78, 5) is 12.5. The van der Waals surface area contributed by atoms with E-state index in [1.54, 1.807) is 6.26 Å². The molecule has 2 aliphatic heterocycles. The van der Waals surface area contributed by atoms with Crippen molar-refractivity contribution in [3.8, 4) is 0 Å². The Morgan fingerprint density at radius 3 is 2.69 bits per heavy atom. The van der Waals surface area contributed by atoms with Crippen molar-refractivity contribution in [2.45, 2.75) is 67.1 Å². The van der Waals surface area contributed by atoms with Crippen LogP contribution in [0.4, 0.5) is 0 Å². The lowest BCUT2D eigenvalue weighted by Gasteiger charge is -2.43. The maximum absolute atomic E-state index is 12.5. The summed E-state index contributed by atoms with van der Waals surface area (Å²) in [6.45, 7) is 0.667. The van der Waals surface area contributed by atoms with Gasteiger partial charge in [0.05, 0.1) is 0 Å². The van der Waals surface area contributed by atoms with Gasteiger partial charge >= 0.3 is 11.2 Å². The lowest BCUT2D eigenvalue weighted by Crippen LogP contribution is -2.63. The van der Waals surface area contributed by atoms with Gasteiger partial charge in [-0.05, 0) is 62.4 Å². The molecule has 0 aromatic rings. The van der Waals surface area contributed by atoms with E-state index >= 15 is 0 Å². The van der Waals surface area contributed by atoms with Gasteiger partial charge in [0.25, 0.3) is 0 Å². The molecule has 0 amide bonds. The van der Waals surface area contributed by atoms with Crippen molar-refractivity contribution < 1.29 is 29.6 Å². The van der Waals surface area contributed by atoms with Crippen molar-refractivity contribution in [2.75, 3.05) is 18.7 Å². The van der Waals surface area contributed by atoms with Crippen molar-refractivity contribution >= 4 is 40.9 Å². The van der Waals surface area contributed by atoms with Gasteiger partial charge in [0.2, 0.25) is 0 Å². The average molecular weight is 432 g/mol. The van der Waals surface area contributed by atoms with Gasteiger partial charge in [-0.15, -0.1) is 23.4 Å². The topological polar surface area (TPSA) is 108 Å². The van der Waals surface area contributed by atoms with Crippen LogP contribution in [0, 0.1) is 5.92 Å². The Balaban J connectivity index is 1.97. The van der Waals surface area contributed by atoms with Crippen LogP contribution in [0.2, 0.25) is 0 Å². The molecule has 0 spiro atoms. The number of nitrogens with one attached hydrogen (secondary N) is 1. The van der Waals surface area contributed by atoms with Gasteiger partial charge in [-0.3, -0.25) is 4.79 Å². The first-order valence-corrected chi connectivity index (χ1v) is 11.0. The maximum Gasteiger partial charge on any atom is 0.326 e. The van der Waals surface area contributed by atoms with Crippen molar-refractivity contribution in [3.05, 3.63) is 0 Å². The van der Waals surface area contributed by atoms with Crippen LogP contribution in [-0.2, 0) is 14.3 Å². The zero-order valence-corrected chi connectivity index (χ0v) is 17.0. The SMILES string of the molecule is CSC1OC(Cl)(OC(=O)C2CCC(CCCCl)CCN2)C(O)C(O)C1O. The fourth-order valence-electron chi connectivity index (χ4n) is 3.30. The highest BCUT2D eigenvalue weighted by Gasteiger charge is 2.56. The number of carbonyl (C=O) groups is 1. The fraction of sp³-hybridized carbons (Fsp3) is 0.938. The van der Waals surface area contributed by atoms with Crippen LogP contribution >= 0.6 is 35.0 Å². The number of esters is 1. The van der Waals surface area contributed by atoms with Crippen molar-refractivity contribution in [1.82, 2.24) is 5.32 Å². The van der Waals surface area contributed by atoms with E-state index in [4.69, 9.17) is 32.7 Å². The Kier molecular flexibility index (Phi) is 8.75. The molecular weight excluding hydrogens is 405 g/mol. The lowest BCUT2D eigenvalue weighted by atomic mass is 9.94. The quantitative estimate of drug-likeness (QED) is 0.364. The Morgan fingerprint density at radius 1 is 1.31 bits per heavy atom. The molecule has 26 heavy (non-hydrogen) atoms. The second-order valence-electron chi connectivity index (χ2n) is 6.72. The molecule has 10 heteroatoms. The van der Waals surface area contributed by atoms with E-state index < -0.39 is 41.0 Å². The molecule has 2 fully saturated rings. The summed E-state index contributed by atoms with van der Waals surface area (Å²) in [6.07, 6.45) is 1.29. The number of ether oxygens (including phenoxy) is 2. The molecule has 0 aromatic heterocycles. The van der Waals surface area contributed by atoms with Gasteiger partial charge in [0.1, 0.15) is 23.7 Å². The van der Waals surface area contributed by atoms with E-state index in [0.717, 1.165) is 37.4 Å². The highest BCUT2D eigenvalue weighted by molar-refractivity contribution is 7.99. The van der Waals surface area contributed by atoms with Gasteiger partial charge in [-0.1, -0.05) is 0 Å². The number of aliphatic hydroxyl groups excluding tert-OH is 3. The summed E-state index contributed by atoms with van der Waals surface area (Å²) in [5.74, 6) is 0.475. The molecule has 2 saturated heterocycles. The van der Waals surface area contributed by atoms with Gasteiger partial charge in [0.15, 0.2) is 6.10 Å². The normalized spacial score (nSPS) is 41.5. The Labute approximate surface area is 167 Å². The van der Waals surface area contributed by atoms with Gasteiger partial charge in [-0.2, -0.15) is 0 Å². The lowest BCUT2D eigenvalue weighted by molar-refractivity contribution is -0.294. The van der Waals surface area contributed by atoms with Crippen LogP contribution in [0.3, 0.4) is 0 Å². The van der Waals surface area contributed by atoms with Crippen molar-refractivity contribution in [2.24, 2.45) is 5.92 Å². The Morgan fingerprint density at radius 2 is 2.04 bits per heavy atom. The molecule has 7 nitrogen and oxygen atoms in total. The third-order valence-electron chi connectivity index (χ3n) is 4.89. The van der Waals surface area contributed by atoms with Crippen LogP contribution in [-0.4, -0.2) is 75.0 Å². The van der Waals surface area contributed by atoms with E-state index in [0.29, 0.717) is 24.8 Å². The first-order chi connectivity index (χ1) is 12.3. The van der Waals surface area contributed by atoms with Crippen LogP contribution < -0.4 is 5.32 Å². The van der Waals surface area contributed by atoms with E-state index in [9.17, 15) is 20.1 Å². The number of carbonyl (C=O) groups excluding carboxylic acids is 1. The number of halogens is 2. The second-order valence-corrected chi connectivity index (χ2v) is 8.56. The highest BCUT2D eigenvalue weighted by atomic mass is 35.5. The predicted molar refractivity (Wildman–Crippen MR) is 100 cm³/mol. The molecule has 0 aromatic carbocycles. The van der Waals surface area contributed by atoms with Crippen LogP contribution in [0.1, 0.15) is 32.1 Å². The molecule has 0 aliphatic carbocycles. The molecule has 0 bridgehead atoms. The Bertz CT molecular complexity index is 474. The zero-order valence-electron chi connectivity index (χ0n) is 14.6. The molecule has 7 atom stereocenters. The van der Waals surface area contributed by atoms with E-state index in [1.165, 1.54) is 0 Å². The maximum atomic E-state index is 12.5. The summed E-state index contributed by atoms with van der Waals surface area (Å²) in [6, 6.07) is -0.570. The molecule has 2 aliphatic rings. The average Bonchev–Trinajstić information content (AvgIpc) is 2.87. The number of alkyl halides is 2. The first kappa shape index (κ1) is 22.5. The van der Waals surface area contributed by atoms with Crippen molar-refractivity contribution in [3.63, 3.8) is 0 Å². The number of hydrogen-bond donors (Lipinski definition) is 4. The molecule has 152 valence electrons. The van der Waals surface area contributed by atoms with Crippen LogP contribution in [0.15, 0.2) is 0 Å². The second kappa shape index (κ2) is 10.1. The molecule has 2 heterocycles. The van der Waals surface area contributed by atoms with Gasteiger partial charge in [-0.25, -0.2) is 0 Å². The first-order valence-electron chi connectivity index (χ1n) is 8.78. The van der Waals surface area contributed by atoms with E-state index in [2.05, 4.69) is 5.32 Å². The molecule has 0 radical (unpaired) electrons. The van der Waals surface area contributed by atoms with Gasteiger partial charge < -0.3 is 30.1 Å². The standard InChI is InChI=1S/C16H27Cl2NO6S/c1-26-15-12(21)11(20)13(22)16(18,25-15)24-14(23)10-5-4-9(3-2-7-17)6-8-19-10/h9-13,15,19-22H,2-8H2,1H3. The number of thioether (sulfide) groups is 1. The van der Waals surface area contributed by atoms with E-state index in [1.807, 2.05) is 0 Å². The predicted octanol–water partition coefficient (Wildman–Crippen LogP) is 1.00. The fourth-order valence-corrected chi connectivity index (χ4v) is 4.48. The minimum Gasteiger partial charge on any atom is -0.414 e. The zero-order chi connectivity index (χ0) is 19.3. The number of aliphatic hydroxyl groups is 3. The third kappa shape index (κ3) is 5.38. The molecule has 0 saturated carbocycles. The summed E-state index contributed by atoms with van der Waals surface area (Å²) in [5.41, 5.74) is -0.930. The molecule has 2 rings (SSSR count). The summed E-state index contributed by atoms with van der Waals surface area (Å²) >= 11 is 13.0. The van der Waals surface area contributed by atoms with Gasteiger partial charge in [0, 0.05) is 5.88 Å². The summed E-state index contributed by atoms with van der Waals surface area (Å²) < 4.78 is 10.6. The highest BCUT2D eigenvalue weighted by Crippen LogP contribution is 2.38. The smallest absolute Gasteiger partial charge is 0.326 e. The Hall–Kier alpha value is 0.200. The summed E-state index contributed by atoms with van der Waals surface area (Å²) in [7, 11) is 0. The van der Waals surface area contributed by atoms with Crippen LogP contribution in [0.5, 0.6) is 0 Å². The van der Waals surface area contributed by atoms with E-state index in [-0.39, 0.29) is 0 Å². The molecular formula is C16H27Cl2NO6S. The number of hydrogen-bond acceptors (Lipinski definition) is 8.